The summed E-state index contributed by atoms with van der Waals surface area (Å²) in [5, 5.41) is 0. The average Bonchev–Trinajstić information content (AvgIpc) is 2.69. The summed E-state index contributed by atoms with van der Waals surface area (Å²) in [6.07, 6.45) is 9.16. The molecule has 2 amide bonds. The SMILES string of the molecule is COc1ccc(OCCCC(=O)NNC(=O)CC23CC4CC(CC(C4)C2)C3)cc1. The van der Waals surface area contributed by atoms with Crippen LogP contribution in [0.1, 0.15) is 57.8 Å². The van der Waals surface area contributed by atoms with Crippen LogP contribution in [-0.2, 0) is 9.59 Å². The minimum absolute atomic E-state index is 0.0465. The van der Waals surface area contributed by atoms with Gasteiger partial charge in [-0.2, -0.15) is 0 Å². The molecule has 4 fully saturated rings. The normalized spacial score (nSPS) is 29.3. The van der Waals surface area contributed by atoms with Crippen LogP contribution in [0.25, 0.3) is 0 Å². The molecule has 158 valence electrons. The second-order valence-corrected chi connectivity index (χ2v) is 9.32. The average molecular weight is 401 g/mol. The van der Waals surface area contributed by atoms with Crippen LogP contribution in [0.15, 0.2) is 24.3 Å². The van der Waals surface area contributed by atoms with Crippen LogP contribution in [0.3, 0.4) is 0 Å². The first-order valence-corrected chi connectivity index (χ1v) is 10.9. The molecule has 2 N–H and O–H groups in total. The Morgan fingerprint density at radius 2 is 1.48 bits per heavy atom. The van der Waals surface area contributed by atoms with E-state index in [2.05, 4.69) is 10.9 Å². The molecular formula is C23H32N2O4. The Labute approximate surface area is 172 Å². The van der Waals surface area contributed by atoms with Gasteiger partial charge in [0.15, 0.2) is 0 Å². The van der Waals surface area contributed by atoms with Crippen LogP contribution in [0.2, 0.25) is 0 Å². The number of amides is 2. The van der Waals surface area contributed by atoms with E-state index < -0.39 is 0 Å². The number of hydrazine groups is 1. The zero-order valence-corrected chi connectivity index (χ0v) is 17.2. The molecule has 4 aliphatic rings. The van der Waals surface area contributed by atoms with Crippen molar-refractivity contribution in [3.63, 3.8) is 0 Å². The highest BCUT2D eigenvalue weighted by molar-refractivity contribution is 5.82. The van der Waals surface area contributed by atoms with Crippen LogP contribution in [0.5, 0.6) is 11.5 Å². The minimum atomic E-state index is -0.179. The highest BCUT2D eigenvalue weighted by Crippen LogP contribution is 2.61. The van der Waals surface area contributed by atoms with E-state index in [1.54, 1.807) is 7.11 Å². The van der Waals surface area contributed by atoms with Gasteiger partial charge in [-0.25, -0.2) is 0 Å². The van der Waals surface area contributed by atoms with Gasteiger partial charge in [0.05, 0.1) is 13.7 Å². The van der Waals surface area contributed by atoms with Crippen LogP contribution >= 0.6 is 0 Å². The molecule has 0 heterocycles. The van der Waals surface area contributed by atoms with Gasteiger partial charge < -0.3 is 9.47 Å². The Morgan fingerprint density at radius 1 is 0.931 bits per heavy atom. The zero-order chi connectivity index (χ0) is 20.3. The molecule has 6 heteroatoms. The third kappa shape index (κ3) is 5.03. The third-order valence-electron chi connectivity index (χ3n) is 6.92. The number of methoxy groups -OCH3 is 1. The van der Waals surface area contributed by atoms with Crippen molar-refractivity contribution in [3.8, 4) is 11.5 Å². The fourth-order valence-corrected chi connectivity index (χ4v) is 6.19. The second-order valence-electron chi connectivity index (χ2n) is 9.32. The van der Waals surface area contributed by atoms with Crippen LogP contribution < -0.4 is 20.3 Å². The number of rotatable bonds is 8. The number of hydrogen-bond acceptors (Lipinski definition) is 4. The van der Waals surface area contributed by atoms with E-state index >= 15 is 0 Å². The Hall–Kier alpha value is -2.24. The van der Waals surface area contributed by atoms with Crippen molar-refractivity contribution >= 4 is 11.8 Å². The van der Waals surface area contributed by atoms with Crippen molar-refractivity contribution in [1.82, 2.24) is 10.9 Å². The lowest BCUT2D eigenvalue weighted by molar-refractivity contribution is -0.134. The van der Waals surface area contributed by atoms with E-state index in [4.69, 9.17) is 9.47 Å². The predicted octanol–water partition coefficient (Wildman–Crippen LogP) is 3.61. The first-order chi connectivity index (χ1) is 14.0. The Kier molecular flexibility index (Phi) is 5.97. The summed E-state index contributed by atoms with van der Waals surface area (Å²) in [5.74, 6) is 3.78. The molecule has 0 aliphatic heterocycles. The fraction of sp³-hybridized carbons (Fsp3) is 0.652. The quantitative estimate of drug-likeness (QED) is 0.516. The molecule has 0 radical (unpaired) electrons. The maximum absolute atomic E-state index is 12.4. The molecule has 0 unspecified atom stereocenters. The summed E-state index contributed by atoms with van der Waals surface area (Å²) >= 11 is 0. The number of carbonyl (C=O) groups excluding carboxylic acids is 2. The minimum Gasteiger partial charge on any atom is -0.497 e. The van der Waals surface area contributed by atoms with Gasteiger partial charge in [0, 0.05) is 12.8 Å². The van der Waals surface area contributed by atoms with E-state index in [0.29, 0.717) is 25.9 Å². The number of nitrogens with one attached hydrogen (secondary N) is 2. The second kappa shape index (κ2) is 8.64. The lowest BCUT2D eigenvalue weighted by atomic mass is 9.49. The Morgan fingerprint density at radius 3 is 2.07 bits per heavy atom. The molecule has 4 bridgehead atoms. The van der Waals surface area contributed by atoms with E-state index in [1.165, 1.54) is 38.5 Å². The van der Waals surface area contributed by atoms with Crippen molar-refractivity contribution in [1.29, 1.82) is 0 Å². The summed E-state index contributed by atoms with van der Waals surface area (Å²) < 4.78 is 10.7. The summed E-state index contributed by atoms with van der Waals surface area (Å²) in [6, 6.07) is 7.34. The van der Waals surface area contributed by atoms with Gasteiger partial charge in [-0.1, -0.05) is 0 Å². The summed E-state index contributed by atoms with van der Waals surface area (Å²) in [5.41, 5.74) is 5.39. The highest BCUT2D eigenvalue weighted by Gasteiger charge is 2.51. The maximum Gasteiger partial charge on any atom is 0.238 e. The van der Waals surface area contributed by atoms with Gasteiger partial charge in [-0.3, -0.25) is 20.4 Å². The Balaban J connectivity index is 1.12. The summed E-state index contributed by atoms with van der Waals surface area (Å²) in [7, 11) is 1.62. The van der Waals surface area contributed by atoms with E-state index in [0.717, 1.165) is 29.3 Å². The van der Waals surface area contributed by atoms with E-state index in [9.17, 15) is 9.59 Å². The highest BCUT2D eigenvalue weighted by atomic mass is 16.5. The Bertz CT molecular complexity index is 696. The van der Waals surface area contributed by atoms with Gasteiger partial charge in [0.2, 0.25) is 11.8 Å². The predicted molar refractivity (Wildman–Crippen MR) is 109 cm³/mol. The smallest absolute Gasteiger partial charge is 0.238 e. The van der Waals surface area contributed by atoms with E-state index in [1.807, 2.05) is 24.3 Å². The lowest BCUT2D eigenvalue weighted by Gasteiger charge is -2.56. The first kappa shape index (κ1) is 20.0. The van der Waals surface area contributed by atoms with Crippen molar-refractivity contribution < 1.29 is 19.1 Å². The third-order valence-corrected chi connectivity index (χ3v) is 6.92. The number of carbonyl (C=O) groups is 2. The van der Waals surface area contributed by atoms with Crippen molar-refractivity contribution in [2.75, 3.05) is 13.7 Å². The molecule has 0 aromatic heterocycles. The van der Waals surface area contributed by atoms with Crippen molar-refractivity contribution in [2.24, 2.45) is 23.2 Å². The van der Waals surface area contributed by atoms with Crippen LogP contribution in [0.4, 0.5) is 0 Å². The molecule has 6 nitrogen and oxygen atoms in total. The molecule has 5 rings (SSSR count). The number of hydrogen-bond donors (Lipinski definition) is 2. The molecule has 29 heavy (non-hydrogen) atoms. The molecule has 4 aliphatic carbocycles. The molecule has 0 spiro atoms. The molecule has 4 saturated carbocycles. The number of benzene rings is 1. The van der Waals surface area contributed by atoms with Gasteiger partial charge in [0.25, 0.3) is 0 Å². The van der Waals surface area contributed by atoms with E-state index in [-0.39, 0.29) is 17.2 Å². The molecule has 1 aromatic carbocycles. The number of ether oxygens (including phenoxy) is 2. The van der Waals surface area contributed by atoms with Gasteiger partial charge in [-0.15, -0.1) is 0 Å². The zero-order valence-electron chi connectivity index (χ0n) is 17.2. The molecule has 0 saturated heterocycles. The topological polar surface area (TPSA) is 76.7 Å². The molecule has 0 atom stereocenters. The summed E-state index contributed by atoms with van der Waals surface area (Å²) in [6.45, 7) is 0.445. The lowest BCUT2D eigenvalue weighted by Crippen LogP contribution is -2.50. The van der Waals surface area contributed by atoms with Crippen LogP contribution in [0, 0.1) is 23.2 Å². The van der Waals surface area contributed by atoms with Crippen molar-refractivity contribution in [3.05, 3.63) is 24.3 Å². The molecule has 1 aromatic rings. The standard InChI is InChI=1S/C23H32N2O4/c1-28-19-4-6-20(7-5-19)29-8-2-3-21(26)24-25-22(27)15-23-12-16-9-17(13-23)11-18(10-16)14-23/h4-7,16-18H,2-3,8-15H2,1H3,(H,24,26)(H,25,27). The summed E-state index contributed by atoms with van der Waals surface area (Å²) in [4.78, 5) is 24.4. The van der Waals surface area contributed by atoms with Gasteiger partial charge in [0.1, 0.15) is 11.5 Å². The first-order valence-electron chi connectivity index (χ1n) is 10.9. The van der Waals surface area contributed by atoms with Crippen LogP contribution in [-0.4, -0.2) is 25.5 Å². The monoisotopic (exact) mass is 400 g/mol. The largest absolute Gasteiger partial charge is 0.497 e. The van der Waals surface area contributed by atoms with Crippen molar-refractivity contribution in [2.45, 2.75) is 57.8 Å². The van der Waals surface area contributed by atoms with Gasteiger partial charge >= 0.3 is 0 Å². The molecular weight excluding hydrogens is 368 g/mol. The fourth-order valence-electron chi connectivity index (χ4n) is 6.19. The van der Waals surface area contributed by atoms with Gasteiger partial charge in [-0.05, 0) is 92.4 Å². The maximum atomic E-state index is 12.4.